The molecule has 0 amide bonds. The van der Waals surface area contributed by atoms with Crippen LogP contribution in [0.4, 0.5) is 15.8 Å². The van der Waals surface area contributed by atoms with Gasteiger partial charge in [0.05, 0.1) is 47.4 Å². The van der Waals surface area contributed by atoms with Crippen molar-refractivity contribution in [2.45, 2.75) is 58.1 Å². The Hall–Kier alpha value is -4.05. The molecule has 1 aliphatic carbocycles. The van der Waals surface area contributed by atoms with Crippen molar-refractivity contribution in [1.29, 1.82) is 10.5 Å². The predicted octanol–water partition coefficient (Wildman–Crippen LogP) is 6.12. The standard InChI is InChI=1S/C29H30ClFN8/c1-29(2,3)25(10-11-32)36-26-18(14-33)15-34-28-22(26)12-20(13-23(28)30)35-27(17-4-6-19(31)7-5-17)24-16-39(38-37-24)21-8-9-21/h4-7,12-13,15-16,21,25,27,35,37-38H,8-10H2,1-3H3,(H,34,36)/t25-,27?/m1/s1/i27D. The van der Waals surface area contributed by atoms with Gasteiger partial charge in [0, 0.05) is 35.6 Å². The lowest BCUT2D eigenvalue weighted by Crippen LogP contribution is -2.38. The first-order valence-corrected chi connectivity index (χ1v) is 13.1. The molecule has 5 rings (SSSR count). The average molecular weight is 546 g/mol. The Morgan fingerprint density at radius 3 is 2.62 bits per heavy atom. The minimum absolute atomic E-state index is 0.231. The smallest absolute Gasteiger partial charge is 0.123 e. The Morgan fingerprint density at radius 1 is 1.23 bits per heavy atom. The van der Waals surface area contributed by atoms with Crippen LogP contribution in [0.25, 0.3) is 10.9 Å². The molecular weight excluding hydrogens is 515 g/mol. The number of pyridine rings is 1. The fraction of sp³-hybridized carbons (Fsp3) is 0.345. The number of anilines is 2. The van der Waals surface area contributed by atoms with Gasteiger partial charge in [0.1, 0.15) is 11.9 Å². The maximum atomic E-state index is 13.8. The van der Waals surface area contributed by atoms with Crippen molar-refractivity contribution in [2.75, 3.05) is 10.6 Å². The van der Waals surface area contributed by atoms with E-state index in [9.17, 15) is 16.3 Å². The van der Waals surface area contributed by atoms with Gasteiger partial charge >= 0.3 is 0 Å². The maximum absolute atomic E-state index is 13.8. The zero-order chi connectivity index (χ0) is 28.7. The number of rotatable bonds is 8. The van der Waals surface area contributed by atoms with Gasteiger partial charge in [-0.15, -0.1) is 5.53 Å². The molecule has 2 atom stereocenters. The molecule has 1 aromatic heterocycles. The van der Waals surface area contributed by atoms with E-state index in [0.717, 1.165) is 12.8 Å². The molecule has 2 aromatic carbocycles. The van der Waals surface area contributed by atoms with E-state index in [1.165, 1.54) is 18.3 Å². The van der Waals surface area contributed by atoms with Crippen molar-refractivity contribution in [3.63, 3.8) is 0 Å². The first kappa shape index (κ1) is 25.2. The SMILES string of the molecule is [2H]C(Nc1cc(Cl)c2ncc(C#N)c(N[C@H](CC#N)C(C)(C)C)c2c1)(C1=CN(C2CC2)NN1)c1ccc(F)cc1. The van der Waals surface area contributed by atoms with Gasteiger partial charge in [-0.2, -0.15) is 10.5 Å². The third kappa shape index (κ3) is 5.70. The third-order valence-electron chi connectivity index (χ3n) is 6.90. The molecule has 0 bridgehead atoms. The second kappa shape index (κ2) is 10.6. The van der Waals surface area contributed by atoms with E-state index in [-0.39, 0.29) is 17.9 Å². The number of fused-ring (bicyclic) bond motifs is 1. The molecule has 1 unspecified atom stereocenters. The van der Waals surface area contributed by atoms with Crippen molar-refractivity contribution in [1.82, 2.24) is 21.0 Å². The molecule has 8 nitrogen and oxygen atoms in total. The number of halogens is 2. The number of aromatic nitrogens is 1. The van der Waals surface area contributed by atoms with Crippen molar-refractivity contribution in [2.24, 2.45) is 5.41 Å². The highest BCUT2D eigenvalue weighted by Gasteiger charge is 2.32. The van der Waals surface area contributed by atoms with Crippen LogP contribution in [0.2, 0.25) is 5.02 Å². The number of nitrogens with zero attached hydrogens (tertiary/aromatic N) is 4. The summed E-state index contributed by atoms with van der Waals surface area (Å²) in [6.45, 7) is 6.07. The summed E-state index contributed by atoms with van der Waals surface area (Å²) in [7, 11) is 0. The van der Waals surface area contributed by atoms with Gasteiger partial charge in [-0.1, -0.05) is 44.5 Å². The third-order valence-corrected chi connectivity index (χ3v) is 7.19. The largest absolute Gasteiger partial charge is 0.379 e. The van der Waals surface area contributed by atoms with Crippen LogP contribution in [0.1, 0.15) is 58.5 Å². The van der Waals surface area contributed by atoms with Crippen LogP contribution in [0.3, 0.4) is 0 Å². The molecule has 1 fully saturated rings. The summed E-state index contributed by atoms with van der Waals surface area (Å²) in [5.41, 5.74) is 8.76. The zero-order valence-corrected chi connectivity index (χ0v) is 22.7. The van der Waals surface area contributed by atoms with Crippen LogP contribution < -0.4 is 21.6 Å². The number of hydrogen-bond donors (Lipinski definition) is 4. The predicted molar refractivity (Wildman–Crippen MR) is 151 cm³/mol. The van der Waals surface area contributed by atoms with Crippen LogP contribution in [-0.2, 0) is 0 Å². The van der Waals surface area contributed by atoms with Crippen LogP contribution in [0, 0.1) is 33.9 Å². The van der Waals surface area contributed by atoms with E-state index in [2.05, 4.69) is 38.7 Å². The van der Waals surface area contributed by atoms with E-state index in [1.807, 2.05) is 32.0 Å². The molecule has 2 aliphatic rings. The highest BCUT2D eigenvalue weighted by atomic mass is 35.5. The second-order valence-corrected chi connectivity index (χ2v) is 11.3. The molecule has 2 heterocycles. The van der Waals surface area contributed by atoms with Crippen molar-refractivity contribution in [3.05, 3.63) is 76.5 Å². The molecule has 200 valence electrons. The summed E-state index contributed by atoms with van der Waals surface area (Å²) in [5.74, 6) is -0.400. The van der Waals surface area contributed by atoms with Gasteiger partial charge in [-0.25, -0.2) is 4.39 Å². The van der Waals surface area contributed by atoms with E-state index >= 15 is 0 Å². The number of nitrogens with one attached hydrogen (secondary N) is 4. The summed E-state index contributed by atoms with van der Waals surface area (Å²) in [4.78, 5) is 4.43. The Labute approximate surface area is 233 Å². The summed E-state index contributed by atoms with van der Waals surface area (Å²) < 4.78 is 23.4. The van der Waals surface area contributed by atoms with Gasteiger partial charge in [-0.3, -0.25) is 9.99 Å². The molecule has 39 heavy (non-hydrogen) atoms. The topological polar surface area (TPSA) is 112 Å². The number of hydrogen-bond acceptors (Lipinski definition) is 8. The lowest BCUT2D eigenvalue weighted by Gasteiger charge is -2.31. The van der Waals surface area contributed by atoms with E-state index in [1.54, 1.807) is 24.3 Å². The van der Waals surface area contributed by atoms with E-state index in [4.69, 9.17) is 11.6 Å². The summed E-state index contributed by atoms with van der Waals surface area (Å²) >= 11 is 6.72. The van der Waals surface area contributed by atoms with Crippen LogP contribution >= 0.6 is 11.6 Å². The van der Waals surface area contributed by atoms with Gasteiger partial charge in [0.2, 0.25) is 0 Å². The van der Waals surface area contributed by atoms with Crippen molar-refractivity contribution < 1.29 is 5.76 Å². The van der Waals surface area contributed by atoms with Gasteiger partial charge in [0.25, 0.3) is 0 Å². The van der Waals surface area contributed by atoms with Gasteiger partial charge in [-0.05, 0) is 48.1 Å². The Balaban J connectivity index is 1.62. The number of benzene rings is 2. The highest BCUT2D eigenvalue weighted by Crippen LogP contribution is 2.38. The Kier molecular flexibility index (Phi) is 6.86. The first-order chi connectivity index (χ1) is 19.0. The summed E-state index contributed by atoms with van der Waals surface area (Å²) in [5, 5.41) is 28.9. The first-order valence-electron chi connectivity index (χ1n) is 13.3. The van der Waals surface area contributed by atoms with Crippen LogP contribution in [0.5, 0.6) is 0 Å². The Morgan fingerprint density at radius 2 is 1.97 bits per heavy atom. The normalized spacial score (nSPS) is 17.8. The summed E-state index contributed by atoms with van der Waals surface area (Å²) in [6, 6.07) is 12.2. The fourth-order valence-corrected chi connectivity index (χ4v) is 4.74. The Bertz CT molecular complexity index is 1550. The van der Waals surface area contributed by atoms with Crippen LogP contribution in [-0.4, -0.2) is 22.1 Å². The minimum Gasteiger partial charge on any atom is -0.379 e. The quantitative estimate of drug-likeness (QED) is 0.268. The lowest BCUT2D eigenvalue weighted by molar-refractivity contribution is 0.260. The highest BCUT2D eigenvalue weighted by molar-refractivity contribution is 6.35. The van der Waals surface area contributed by atoms with E-state index in [0.29, 0.717) is 50.2 Å². The lowest BCUT2D eigenvalue weighted by atomic mass is 9.84. The maximum Gasteiger partial charge on any atom is 0.123 e. The van der Waals surface area contributed by atoms with Crippen molar-refractivity contribution >= 4 is 33.9 Å². The number of nitriles is 2. The number of hydrazine groups is 2. The summed E-state index contributed by atoms with van der Waals surface area (Å²) in [6.07, 6.45) is 5.66. The molecule has 1 saturated carbocycles. The van der Waals surface area contributed by atoms with Gasteiger partial charge < -0.3 is 16.1 Å². The van der Waals surface area contributed by atoms with E-state index < -0.39 is 11.8 Å². The molecule has 0 spiro atoms. The minimum atomic E-state index is -1.55. The molecule has 1 aliphatic heterocycles. The second-order valence-electron chi connectivity index (χ2n) is 10.9. The van der Waals surface area contributed by atoms with Gasteiger partial charge in [0.15, 0.2) is 0 Å². The molecule has 0 radical (unpaired) electrons. The monoisotopic (exact) mass is 545 g/mol. The molecule has 3 aromatic rings. The molecule has 10 heteroatoms. The molecular formula is C29H30ClFN8. The molecule has 0 saturated heterocycles. The zero-order valence-electron chi connectivity index (χ0n) is 22.9. The fourth-order valence-electron chi connectivity index (χ4n) is 4.47. The van der Waals surface area contributed by atoms with Crippen LogP contribution in [0.15, 0.2) is 54.5 Å². The average Bonchev–Trinajstić information content (AvgIpc) is 3.64. The van der Waals surface area contributed by atoms with Crippen molar-refractivity contribution in [3.8, 4) is 12.1 Å². The molecule has 4 N–H and O–H groups in total.